The van der Waals surface area contributed by atoms with Gasteiger partial charge in [0.2, 0.25) is 0 Å². The maximum Gasteiger partial charge on any atom is 0.306 e. The number of carboxylic acids is 1. The van der Waals surface area contributed by atoms with Gasteiger partial charge in [-0.05, 0) is 0 Å². The number of esters is 1. The predicted octanol–water partition coefficient (Wildman–Crippen LogP) is -0.563. The molecule has 8 nitrogen and oxygen atoms in total. The van der Waals surface area contributed by atoms with Crippen molar-refractivity contribution in [2.24, 2.45) is 0 Å². The molecular formula is C12H22O8. The van der Waals surface area contributed by atoms with E-state index in [-0.39, 0.29) is 32.7 Å². The Morgan fingerprint density at radius 3 is 1.75 bits per heavy atom. The Morgan fingerprint density at radius 1 is 0.750 bits per heavy atom. The third-order valence-corrected chi connectivity index (χ3v) is 2.01. The third-order valence-electron chi connectivity index (χ3n) is 2.01. The van der Waals surface area contributed by atoms with Gasteiger partial charge in [-0.2, -0.15) is 0 Å². The van der Waals surface area contributed by atoms with Crippen molar-refractivity contribution < 1.29 is 38.7 Å². The zero-order valence-corrected chi connectivity index (χ0v) is 11.4. The number of hydrogen-bond donors (Lipinski definition) is 2. The van der Waals surface area contributed by atoms with Gasteiger partial charge in [-0.1, -0.05) is 0 Å². The van der Waals surface area contributed by atoms with Gasteiger partial charge in [0.15, 0.2) is 0 Å². The number of carbonyl (C=O) groups is 2. The van der Waals surface area contributed by atoms with Crippen LogP contribution in [0.4, 0.5) is 0 Å². The average Bonchev–Trinajstić information content (AvgIpc) is 2.42. The molecule has 0 unspecified atom stereocenters. The fourth-order valence-electron chi connectivity index (χ4n) is 1.10. The first-order valence-corrected chi connectivity index (χ1v) is 6.38. The number of ether oxygens (including phenoxy) is 4. The van der Waals surface area contributed by atoms with E-state index in [2.05, 4.69) is 0 Å². The van der Waals surface area contributed by atoms with Crippen molar-refractivity contribution in [1.82, 2.24) is 0 Å². The largest absolute Gasteiger partial charge is 0.481 e. The lowest BCUT2D eigenvalue weighted by Crippen LogP contribution is -2.14. The summed E-state index contributed by atoms with van der Waals surface area (Å²) in [6.07, 6.45) is -0.363. The summed E-state index contributed by atoms with van der Waals surface area (Å²) in [6, 6.07) is 0. The van der Waals surface area contributed by atoms with E-state index in [0.717, 1.165) is 0 Å². The van der Waals surface area contributed by atoms with E-state index in [1.54, 1.807) is 0 Å². The minimum absolute atomic E-state index is 0.00566. The zero-order chi connectivity index (χ0) is 15.1. The summed E-state index contributed by atoms with van der Waals surface area (Å²) in [5, 5.41) is 16.8. The predicted molar refractivity (Wildman–Crippen MR) is 67.4 cm³/mol. The van der Waals surface area contributed by atoms with Gasteiger partial charge >= 0.3 is 11.9 Å². The molecule has 0 heterocycles. The number of hydrogen-bond acceptors (Lipinski definition) is 7. The molecule has 0 aromatic heterocycles. The number of aliphatic hydroxyl groups excluding tert-OH is 1. The molecule has 0 rings (SSSR count). The van der Waals surface area contributed by atoms with Gasteiger partial charge in [0, 0.05) is 0 Å². The fourth-order valence-corrected chi connectivity index (χ4v) is 1.10. The topological polar surface area (TPSA) is 112 Å². The van der Waals surface area contributed by atoms with Crippen LogP contribution in [-0.2, 0) is 28.5 Å². The standard InChI is InChI=1S/C12H22O8/c13-3-4-17-5-6-18-7-8-19-9-10-20-12(16)2-1-11(14)15/h13H,1-10H2,(H,14,15). The first-order chi connectivity index (χ1) is 9.66. The molecule has 0 atom stereocenters. The maximum absolute atomic E-state index is 11.0. The van der Waals surface area contributed by atoms with Crippen LogP contribution in [0, 0.1) is 0 Å². The average molecular weight is 294 g/mol. The molecular weight excluding hydrogens is 272 g/mol. The Balaban J connectivity index is 3.12. The summed E-state index contributed by atoms with van der Waals surface area (Å²) in [5.74, 6) is -1.58. The van der Waals surface area contributed by atoms with E-state index in [1.165, 1.54) is 0 Å². The Bertz CT molecular complexity index is 256. The lowest BCUT2D eigenvalue weighted by atomic mass is 10.3. The van der Waals surface area contributed by atoms with Crippen LogP contribution in [0.5, 0.6) is 0 Å². The normalized spacial score (nSPS) is 10.4. The number of aliphatic carboxylic acids is 1. The number of carbonyl (C=O) groups excluding carboxylic acids is 1. The Labute approximate surface area is 117 Å². The second-order valence-electron chi connectivity index (χ2n) is 3.67. The van der Waals surface area contributed by atoms with E-state index in [1.807, 2.05) is 0 Å². The smallest absolute Gasteiger partial charge is 0.306 e. The van der Waals surface area contributed by atoms with Gasteiger partial charge in [0.1, 0.15) is 6.61 Å². The highest BCUT2D eigenvalue weighted by Crippen LogP contribution is 1.92. The number of rotatable bonds is 14. The Morgan fingerprint density at radius 2 is 1.25 bits per heavy atom. The molecule has 0 bridgehead atoms. The van der Waals surface area contributed by atoms with Gasteiger partial charge < -0.3 is 29.2 Å². The molecule has 0 saturated heterocycles. The molecule has 0 saturated carbocycles. The summed E-state index contributed by atoms with van der Waals surface area (Å²) < 4.78 is 20.0. The van der Waals surface area contributed by atoms with Gasteiger partial charge in [0.25, 0.3) is 0 Å². The summed E-state index contributed by atoms with van der Waals surface area (Å²) >= 11 is 0. The molecule has 8 heteroatoms. The van der Waals surface area contributed by atoms with Gasteiger partial charge in [-0.15, -0.1) is 0 Å². The summed E-state index contributed by atoms with van der Waals surface area (Å²) in [5.41, 5.74) is 0. The van der Waals surface area contributed by atoms with Crippen LogP contribution < -0.4 is 0 Å². The van der Waals surface area contributed by atoms with Crippen LogP contribution in [0.2, 0.25) is 0 Å². The van der Waals surface area contributed by atoms with E-state index in [4.69, 9.17) is 29.2 Å². The van der Waals surface area contributed by atoms with Crippen LogP contribution in [0.1, 0.15) is 12.8 Å². The van der Waals surface area contributed by atoms with Gasteiger partial charge in [-0.3, -0.25) is 9.59 Å². The second-order valence-corrected chi connectivity index (χ2v) is 3.67. The van der Waals surface area contributed by atoms with Crippen molar-refractivity contribution in [2.75, 3.05) is 52.9 Å². The minimum Gasteiger partial charge on any atom is -0.481 e. The minimum atomic E-state index is -1.03. The Hall–Kier alpha value is -1.22. The summed E-state index contributed by atoms with van der Waals surface area (Å²) in [7, 11) is 0. The van der Waals surface area contributed by atoms with Crippen LogP contribution in [0.3, 0.4) is 0 Å². The van der Waals surface area contributed by atoms with Crippen LogP contribution in [-0.4, -0.2) is 75.0 Å². The quantitative estimate of drug-likeness (QED) is 0.324. The molecule has 0 radical (unpaired) electrons. The van der Waals surface area contributed by atoms with Crippen LogP contribution in [0.25, 0.3) is 0 Å². The van der Waals surface area contributed by atoms with Crippen molar-refractivity contribution in [3.8, 4) is 0 Å². The molecule has 0 aliphatic heterocycles. The maximum atomic E-state index is 11.0. The van der Waals surface area contributed by atoms with Crippen molar-refractivity contribution in [3.05, 3.63) is 0 Å². The second kappa shape index (κ2) is 14.2. The lowest BCUT2D eigenvalue weighted by Gasteiger charge is -2.07. The zero-order valence-electron chi connectivity index (χ0n) is 11.4. The molecule has 0 amide bonds. The number of aliphatic hydroxyl groups is 1. The van der Waals surface area contributed by atoms with E-state index in [0.29, 0.717) is 33.0 Å². The first-order valence-electron chi connectivity index (χ1n) is 6.38. The molecule has 0 aliphatic carbocycles. The van der Waals surface area contributed by atoms with E-state index < -0.39 is 11.9 Å². The fraction of sp³-hybridized carbons (Fsp3) is 0.833. The van der Waals surface area contributed by atoms with Gasteiger partial charge in [0.05, 0.1) is 59.1 Å². The van der Waals surface area contributed by atoms with Crippen LogP contribution in [0.15, 0.2) is 0 Å². The molecule has 118 valence electrons. The third kappa shape index (κ3) is 14.8. The number of carboxylic acid groups (broad SMARTS) is 1. The monoisotopic (exact) mass is 294 g/mol. The molecule has 0 fully saturated rings. The van der Waals surface area contributed by atoms with Crippen molar-refractivity contribution in [1.29, 1.82) is 0 Å². The summed E-state index contributed by atoms with van der Waals surface area (Å²) in [4.78, 5) is 21.2. The molecule has 0 spiro atoms. The Kier molecular flexibility index (Phi) is 13.3. The molecule has 20 heavy (non-hydrogen) atoms. The SMILES string of the molecule is O=C(O)CCC(=O)OCCOCCOCCOCCO. The molecule has 0 aromatic carbocycles. The highest BCUT2D eigenvalue weighted by atomic mass is 16.6. The van der Waals surface area contributed by atoms with Crippen LogP contribution >= 0.6 is 0 Å². The lowest BCUT2D eigenvalue weighted by molar-refractivity contribution is -0.149. The van der Waals surface area contributed by atoms with Crippen molar-refractivity contribution in [2.45, 2.75) is 12.8 Å². The first kappa shape index (κ1) is 18.8. The molecule has 0 aliphatic rings. The van der Waals surface area contributed by atoms with E-state index in [9.17, 15) is 9.59 Å². The van der Waals surface area contributed by atoms with Crippen molar-refractivity contribution >= 4 is 11.9 Å². The van der Waals surface area contributed by atoms with E-state index >= 15 is 0 Å². The molecule has 2 N–H and O–H groups in total. The highest BCUT2D eigenvalue weighted by Gasteiger charge is 2.05. The van der Waals surface area contributed by atoms with Crippen molar-refractivity contribution in [3.63, 3.8) is 0 Å². The van der Waals surface area contributed by atoms with Gasteiger partial charge in [-0.25, -0.2) is 0 Å². The highest BCUT2D eigenvalue weighted by molar-refractivity contribution is 5.76. The summed E-state index contributed by atoms with van der Waals surface area (Å²) in [6.45, 7) is 2.24. The molecule has 0 aromatic rings.